The lowest BCUT2D eigenvalue weighted by molar-refractivity contribution is 0.0827. The monoisotopic (exact) mass is 269 g/mol. The van der Waals surface area contributed by atoms with E-state index in [1.165, 1.54) is 4.90 Å². The van der Waals surface area contributed by atoms with Crippen molar-refractivity contribution in [3.05, 3.63) is 35.4 Å². The fraction of sp³-hybridized carbons (Fsp3) is 0.273. The number of Topliss-reactive ketones (excluding diaryl/α,β-unsaturated/α-hetero) is 1. The van der Waals surface area contributed by atoms with E-state index in [1.54, 1.807) is 38.4 Å². The molecule has 0 radical (unpaired) electrons. The summed E-state index contributed by atoms with van der Waals surface area (Å²) >= 11 is 3.10. The van der Waals surface area contributed by atoms with E-state index >= 15 is 0 Å². The topological polar surface area (TPSA) is 37.4 Å². The van der Waals surface area contributed by atoms with Gasteiger partial charge in [0.2, 0.25) is 0 Å². The van der Waals surface area contributed by atoms with E-state index in [2.05, 4.69) is 15.9 Å². The molecular formula is C11H12BrNO2. The molecule has 0 aliphatic rings. The van der Waals surface area contributed by atoms with Gasteiger partial charge in [-0.3, -0.25) is 9.59 Å². The summed E-state index contributed by atoms with van der Waals surface area (Å²) in [5.74, 6) is -0.123. The van der Waals surface area contributed by atoms with Crippen LogP contribution in [0.3, 0.4) is 0 Å². The molecule has 0 saturated heterocycles. The van der Waals surface area contributed by atoms with Crippen LogP contribution in [-0.4, -0.2) is 36.0 Å². The van der Waals surface area contributed by atoms with E-state index in [4.69, 9.17) is 0 Å². The van der Waals surface area contributed by atoms with Crippen molar-refractivity contribution in [1.29, 1.82) is 0 Å². The second kappa shape index (κ2) is 5.07. The summed E-state index contributed by atoms with van der Waals surface area (Å²) in [5.41, 5.74) is 1.09. The highest BCUT2D eigenvalue weighted by Gasteiger charge is 2.10. The Bertz CT molecular complexity index is 388. The molecule has 1 aromatic carbocycles. The van der Waals surface area contributed by atoms with Gasteiger partial charge < -0.3 is 4.90 Å². The van der Waals surface area contributed by atoms with Gasteiger partial charge in [-0.05, 0) is 12.1 Å². The molecule has 0 fully saturated rings. The molecule has 1 aromatic rings. The van der Waals surface area contributed by atoms with Gasteiger partial charge in [0.05, 0.1) is 5.33 Å². The Labute approximate surface area is 97.2 Å². The Balaban J connectivity index is 3.02. The van der Waals surface area contributed by atoms with Gasteiger partial charge >= 0.3 is 0 Å². The number of halogens is 1. The third-order valence-corrected chi connectivity index (χ3v) is 2.47. The second-order valence-corrected chi connectivity index (χ2v) is 3.90. The van der Waals surface area contributed by atoms with E-state index in [0.717, 1.165) is 0 Å². The van der Waals surface area contributed by atoms with E-state index in [1.807, 2.05) is 0 Å². The van der Waals surface area contributed by atoms with Crippen LogP contribution in [0.2, 0.25) is 0 Å². The van der Waals surface area contributed by atoms with Crippen LogP contribution in [0.1, 0.15) is 20.7 Å². The first-order chi connectivity index (χ1) is 7.06. The van der Waals surface area contributed by atoms with Crippen molar-refractivity contribution < 1.29 is 9.59 Å². The Morgan fingerprint density at radius 2 is 1.87 bits per heavy atom. The van der Waals surface area contributed by atoms with Gasteiger partial charge in [0, 0.05) is 25.2 Å². The smallest absolute Gasteiger partial charge is 0.253 e. The van der Waals surface area contributed by atoms with E-state index < -0.39 is 0 Å². The van der Waals surface area contributed by atoms with Crippen LogP contribution in [0.4, 0.5) is 0 Å². The molecule has 0 aliphatic heterocycles. The molecule has 0 heterocycles. The maximum absolute atomic E-state index is 11.6. The van der Waals surface area contributed by atoms with Crippen molar-refractivity contribution >= 4 is 27.6 Å². The zero-order valence-corrected chi connectivity index (χ0v) is 10.2. The number of ketones is 1. The Morgan fingerprint density at radius 1 is 1.27 bits per heavy atom. The minimum Gasteiger partial charge on any atom is -0.345 e. The Hall–Kier alpha value is -1.16. The molecule has 0 saturated carbocycles. The number of carbonyl (C=O) groups excluding carboxylic acids is 2. The molecule has 3 nitrogen and oxygen atoms in total. The molecular weight excluding hydrogens is 258 g/mol. The second-order valence-electron chi connectivity index (χ2n) is 3.34. The average molecular weight is 270 g/mol. The predicted octanol–water partition coefficient (Wildman–Crippen LogP) is 1.97. The number of alkyl halides is 1. The van der Waals surface area contributed by atoms with Gasteiger partial charge in [-0.2, -0.15) is 0 Å². The summed E-state index contributed by atoms with van der Waals surface area (Å²) in [6, 6.07) is 6.74. The molecule has 0 bridgehead atoms. The summed E-state index contributed by atoms with van der Waals surface area (Å²) in [6.45, 7) is 0. The van der Waals surface area contributed by atoms with Gasteiger partial charge in [0.1, 0.15) is 0 Å². The van der Waals surface area contributed by atoms with E-state index in [9.17, 15) is 9.59 Å². The van der Waals surface area contributed by atoms with Crippen LogP contribution in [0, 0.1) is 0 Å². The molecule has 0 atom stereocenters. The third kappa shape index (κ3) is 2.89. The highest BCUT2D eigenvalue weighted by atomic mass is 79.9. The van der Waals surface area contributed by atoms with Gasteiger partial charge in [-0.15, -0.1) is 0 Å². The normalized spacial score (nSPS) is 9.80. The molecule has 0 aliphatic carbocycles. The van der Waals surface area contributed by atoms with Crippen LogP contribution in [0.25, 0.3) is 0 Å². The Morgan fingerprint density at radius 3 is 2.40 bits per heavy atom. The molecule has 0 aromatic heterocycles. The Kier molecular flexibility index (Phi) is 4.03. The van der Waals surface area contributed by atoms with E-state index in [0.29, 0.717) is 11.1 Å². The highest BCUT2D eigenvalue weighted by molar-refractivity contribution is 9.09. The lowest BCUT2D eigenvalue weighted by Gasteiger charge is -2.10. The summed E-state index contributed by atoms with van der Waals surface area (Å²) in [4.78, 5) is 24.5. The number of nitrogens with zero attached hydrogens (tertiary/aromatic N) is 1. The van der Waals surface area contributed by atoms with Crippen LogP contribution in [-0.2, 0) is 0 Å². The van der Waals surface area contributed by atoms with Gasteiger partial charge in [0.25, 0.3) is 5.91 Å². The number of rotatable bonds is 3. The quantitative estimate of drug-likeness (QED) is 0.622. The summed E-state index contributed by atoms with van der Waals surface area (Å²) < 4.78 is 0. The highest BCUT2D eigenvalue weighted by Crippen LogP contribution is 2.09. The number of hydrogen-bond acceptors (Lipinski definition) is 2. The van der Waals surface area contributed by atoms with Crippen molar-refractivity contribution in [2.45, 2.75) is 0 Å². The first-order valence-electron chi connectivity index (χ1n) is 4.47. The maximum Gasteiger partial charge on any atom is 0.253 e. The minimum atomic E-state index is -0.0979. The lowest BCUT2D eigenvalue weighted by Crippen LogP contribution is -2.21. The molecule has 15 heavy (non-hydrogen) atoms. The van der Waals surface area contributed by atoms with Crippen molar-refractivity contribution in [3.8, 4) is 0 Å². The molecule has 4 heteroatoms. The predicted molar refractivity (Wildman–Crippen MR) is 62.6 cm³/mol. The fourth-order valence-corrected chi connectivity index (χ4v) is 1.48. The zero-order chi connectivity index (χ0) is 11.4. The standard InChI is InChI=1S/C11H12BrNO2/c1-13(2)11(15)9-5-3-4-8(6-9)10(14)7-12/h3-6H,7H2,1-2H3. The van der Waals surface area contributed by atoms with Crippen LogP contribution < -0.4 is 0 Å². The number of hydrogen-bond donors (Lipinski definition) is 0. The van der Waals surface area contributed by atoms with Crippen molar-refractivity contribution in [2.75, 3.05) is 19.4 Å². The molecule has 0 spiro atoms. The molecule has 1 amide bonds. The average Bonchev–Trinajstić information content (AvgIpc) is 2.27. The number of benzene rings is 1. The number of carbonyl (C=O) groups is 2. The molecule has 0 unspecified atom stereocenters. The first-order valence-corrected chi connectivity index (χ1v) is 5.59. The minimum absolute atomic E-state index is 0.0246. The summed E-state index contributed by atoms with van der Waals surface area (Å²) in [6.07, 6.45) is 0. The fourth-order valence-electron chi connectivity index (χ4n) is 1.16. The number of amides is 1. The summed E-state index contributed by atoms with van der Waals surface area (Å²) in [5, 5.41) is 0.270. The molecule has 1 rings (SSSR count). The van der Waals surface area contributed by atoms with Gasteiger partial charge in [-0.1, -0.05) is 28.1 Å². The first kappa shape index (κ1) is 11.9. The molecule has 80 valence electrons. The lowest BCUT2D eigenvalue weighted by atomic mass is 10.1. The van der Waals surface area contributed by atoms with Crippen molar-refractivity contribution in [1.82, 2.24) is 4.90 Å². The third-order valence-electron chi connectivity index (χ3n) is 1.96. The maximum atomic E-state index is 11.6. The largest absolute Gasteiger partial charge is 0.345 e. The van der Waals surface area contributed by atoms with Crippen LogP contribution >= 0.6 is 15.9 Å². The van der Waals surface area contributed by atoms with Gasteiger partial charge in [0.15, 0.2) is 5.78 Å². The zero-order valence-electron chi connectivity index (χ0n) is 8.66. The van der Waals surface area contributed by atoms with Crippen LogP contribution in [0.5, 0.6) is 0 Å². The SMILES string of the molecule is CN(C)C(=O)c1cccc(C(=O)CBr)c1. The summed E-state index contributed by atoms with van der Waals surface area (Å²) in [7, 11) is 3.36. The van der Waals surface area contributed by atoms with E-state index in [-0.39, 0.29) is 17.0 Å². The van der Waals surface area contributed by atoms with Crippen LogP contribution in [0.15, 0.2) is 24.3 Å². The molecule has 0 N–H and O–H groups in total. The van der Waals surface area contributed by atoms with Crippen molar-refractivity contribution in [2.24, 2.45) is 0 Å². The van der Waals surface area contributed by atoms with Crippen molar-refractivity contribution in [3.63, 3.8) is 0 Å². The van der Waals surface area contributed by atoms with Gasteiger partial charge in [-0.25, -0.2) is 0 Å².